The third kappa shape index (κ3) is 6.52. The highest BCUT2D eigenvalue weighted by molar-refractivity contribution is 6.39. The van der Waals surface area contributed by atoms with Gasteiger partial charge in [-0.05, 0) is 55.5 Å². The number of anilines is 2. The van der Waals surface area contributed by atoms with E-state index in [2.05, 4.69) is 21.2 Å². The van der Waals surface area contributed by atoms with Crippen molar-refractivity contribution in [1.29, 1.82) is 0 Å². The van der Waals surface area contributed by atoms with Gasteiger partial charge in [-0.25, -0.2) is 9.82 Å². The second-order valence-corrected chi connectivity index (χ2v) is 5.70. The minimum atomic E-state index is -0.978. The molecule has 146 valence electrons. The van der Waals surface area contributed by atoms with Gasteiger partial charge < -0.3 is 15.4 Å². The molecule has 0 saturated heterocycles. The van der Waals surface area contributed by atoms with E-state index in [1.54, 1.807) is 24.3 Å². The summed E-state index contributed by atoms with van der Waals surface area (Å²) in [4.78, 5) is 35.5. The lowest BCUT2D eigenvalue weighted by atomic mass is 10.2. The Hall–Kier alpha value is -3.75. The predicted octanol–water partition coefficient (Wildman–Crippen LogP) is 2.29. The lowest BCUT2D eigenvalue weighted by Crippen LogP contribution is -2.33. The second-order valence-electron chi connectivity index (χ2n) is 5.70. The van der Waals surface area contributed by atoms with Gasteiger partial charge in [0, 0.05) is 17.1 Å². The van der Waals surface area contributed by atoms with Crippen molar-refractivity contribution in [2.24, 2.45) is 5.10 Å². The number of methoxy groups -OCH3 is 1. The zero-order valence-electron chi connectivity index (χ0n) is 15.3. The Kier molecular flexibility index (Phi) is 7.21. The number of benzene rings is 2. The van der Waals surface area contributed by atoms with E-state index in [0.29, 0.717) is 17.1 Å². The van der Waals surface area contributed by atoms with Gasteiger partial charge in [-0.15, -0.1) is 0 Å². The summed E-state index contributed by atoms with van der Waals surface area (Å²) in [5.74, 6) is -2.08. The number of carbonyl (C=O) groups is 3. The molecule has 8 nitrogen and oxygen atoms in total. The lowest BCUT2D eigenvalue weighted by Gasteiger charge is -2.06. The second kappa shape index (κ2) is 9.81. The van der Waals surface area contributed by atoms with Crippen molar-refractivity contribution in [1.82, 2.24) is 5.43 Å². The molecule has 0 radical (unpaired) electrons. The first kappa shape index (κ1) is 20.6. The molecule has 0 aromatic heterocycles. The molecule has 0 fully saturated rings. The summed E-state index contributed by atoms with van der Waals surface area (Å²) in [6.45, 7) is 1.52. The molecule has 28 heavy (non-hydrogen) atoms. The van der Waals surface area contributed by atoms with E-state index >= 15 is 0 Å². The lowest BCUT2D eigenvalue weighted by molar-refractivity contribution is -0.136. The highest BCUT2D eigenvalue weighted by Crippen LogP contribution is 2.14. The molecule has 0 saturated carbocycles. The van der Waals surface area contributed by atoms with E-state index in [4.69, 9.17) is 4.74 Å². The zero-order chi connectivity index (χ0) is 20.5. The maximum atomic E-state index is 12.8. The quantitative estimate of drug-likeness (QED) is 0.402. The minimum absolute atomic E-state index is 0.113. The van der Waals surface area contributed by atoms with Crippen LogP contribution in [0.4, 0.5) is 15.8 Å². The topological polar surface area (TPSA) is 109 Å². The largest absolute Gasteiger partial charge is 0.497 e. The Morgan fingerprint density at radius 1 is 0.929 bits per heavy atom. The average molecular weight is 386 g/mol. The number of carbonyl (C=O) groups excluding carboxylic acids is 3. The molecule has 0 aliphatic rings. The summed E-state index contributed by atoms with van der Waals surface area (Å²) in [5.41, 5.74) is 3.22. The summed E-state index contributed by atoms with van der Waals surface area (Å²) < 4.78 is 17.8. The van der Waals surface area contributed by atoms with Crippen LogP contribution in [0.25, 0.3) is 0 Å². The van der Waals surface area contributed by atoms with Crippen molar-refractivity contribution < 1.29 is 23.5 Å². The highest BCUT2D eigenvalue weighted by Gasteiger charge is 2.13. The van der Waals surface area contributed by atoms with Gasteiger partial charge in [0.1, 0.15) is 11.6 Å². The van der Waals surface area contributed by atoms with Gasteiger partial charge in [-0.1, -0.05) is 0 Å². The number of amides is 3. The molecular weight excluding hydrogens is 367 g/mol. The summed E-state index contributed by atoms with van der Waals surface area (Å²) in [7, 11) is 1.52. The standard InChI is InChI=1S/C19H19FN4O4/c1-12(11-17(25)21-14-5-3-13(20)4-6-14)23-24-19(27)18(26)22-15-7-9-16(28-2)10-8-15/h3-10H,11H2,1-2H3,(H,21,25)(H,22,26)(H,24,27)/b23-12+. The van der Waals surface area contributed by atoms with Gasteiger partial charge in [0.15, 0.2) is 0 Å². The van der Waals surface area contributed by atoms with Gasteiger partial charge >= 0.3 is 11.8 Å². The molecule has 3 N–H and O–H groups in total. The Morgan fingerprint density at radius 2 is 1.50 bits per heavy atom. The molecular formula is C19H19FN4O4. The predicted molar refractivity (Wildman–Crippen MR) is 103 cm³/mol. The number of ether oxygens (including phenoxy) is 1. The first-order valence-electron chi connectivity index (χ1n) is 8.21. The zero-order valence-corrected chi connectivity index (χ0v) is 15.3. The summed E-state index contributed by atoms with van der Waals surface area (Å²) in [5, 5.41) is 8.70. The van der Waals surface area contributed by atoms with Crippen molar-refractivity contribution in [2.45, 2.75) is 13.3 Å². The molecule has 2 aromatic carbocycles. The molecule has 2 aromatic rings. The molecule has 2 rings (SSSR count). The van der Waals surface area contributed by atoms with E-state index in [-0.39, 0.29) is 12.1 Å². The van der Waals surface area contributed by atoms with Crippen LogP contribution in [0.2, 0.25) is 0 Å². The normalized spacial score (nSPS) is 10.8. The van der Waals surface area contributed by atoms with E-state index < -0.39 is 23.5 Å². The van der Waals surface area contributed by atoms with Crippen LogP contribution in [0.3, 0.4) is 0 Å². The summed E-state index contributed by atoms with van der Waals surface area (Å²) in [6.07, 6.45) is -0.113. The highest BCUT2D eigenvalue weighted by atomic mass is 19.1. The number of hydrazone groups is 1. The Morgan fingerprint density at radius 3 is 2.11 bits per heavy atom. The monoisotopic (exact) mass is 386 g/mol. The first-order chi connectivity index (χ1) is 13.4. The molecule has 0 spiro atoms. The molecule has 0 aliphatic heterocycles. The van der Waals surface area contributed by atoms with Crippen LogP contribution in [-0.2, 0) is 14.4 Å². The fourth-order valence-corrected chi connectivity index (χ4v) is 2.07. The van der Waals surface area contributed by atoms with E-state index in [1.165, 1.54) is 38.3 Å². The number of hydrogen-bond donors (Lipinski definition) is 3. The third-order valence-corrected chi connectivity index (χ3v) is 3.45. The number of nitrogens with one attached hydrogen (secondary N) is 3. The van der Waals surface area contributed by atoms with Crippen LogP contribution in [-0.4, -0.2) is 30.5 Å². The minimum Gasteiger partial charge on any atom is -0.497 e. The summed E-state index contributed by atoms with van der Waals surface area (Å²) >= 11 is 0. The van der Waals surface area contributed by atoms with Crippen LogP contribution in [0.5, 0.6) is 5.75 Å². The molecule has 0 heterocycles. The van der Waals surface area contributed by atoms with Crippen LogP contribution < -0.4 is 20.8 Å². The van der Waals surface area contributed by atoms with Crippen LogP contribution >= 0.6 is 0 Å². The number of nitrogens with zero attached hydrogens (tertiary/aromatic N) is 1. The molecule has 0 aliphatic carbocycles. The Balaban J connectivity index is 1.81. The van der Waals surface area contributed by atoms with Crippen molar-refractivity contribution in [3.8, 4) is 5.75 Å². The molecule has 0 unspecified atom stereocenters. The van der Waals surface area contributed by atoms with E-state index in [9.17, 15) is 18.8 Å². The van der Waals surface area contributed by atoms with E-state index in [0.717, 1.165) is 0 Å². The Labute approximate surface area is 160 Å². The van der Waals surface area contributed by atoms with Gasteiger partial charge in [0.25, 0.3) is 0 Å². The molecule has 9 heteroatoms. The van der Waals surface area contributed by atoms with Gasteiger partial charge in [-0.2, -0.15) is 5.10 Å². The first-order valence-corrected chi connectivity index (χ1v) is 8.21. The average Bonchev–Trinajstić information content (AvgIpc) is 2.68. The number of rotatable bonds is 6. The van der Waals surface area contributed by atoms with Crippen molar-refractivity contribution in [2.75, 3.05) is 17.7 Å². The fraction of sp³-hybridized carbons (Fsp3) is 0.158. The number of halogens is 1. The van der Waals surface area contributed by atoms with Gasteiger partial charge in [-0.3, -0.25) is 14.4 Å². The maximum Gasteiger partial charge on any atom is 0.329 e. The van der Waals surface area contributed by atoms with E-state index in [1.807, 2.05) is 0 Å². The van der Waals surface area contributed by atoms with Crippen LogP contribution in [0.15, 0.2) is 53.6 Å². The SMILES string of the molecule is COc1ccc(NC(=O)C(=O)N/N=C(\C)CC(=O)Nc2ccc(F)cc2)cc1. The maximum absolute atomic E-state index is 12.8. The Bertz CT molecular complexity index is 880. The molecule has 0 bridgehead atoms. The fourth-order valence-electron chi connectivity index (χ4n) is 2.07. The summed E-state index contributed by atoms with van der Waals surface area (Å²) in [6, 6.07) is 11.7. The molecule has 0 atom stereocenters. The van der Waals surface area contributed by atoms with Crippen molar-refractivity contribution in [3.05, 3.63) is 54.3 Å². The van der Waals surface area contributed by atoms with Crippen LogP contribution in [0, 0.1) is 5.82 Å². The van der Waals surface area contributed by atoms with Crippen molar-refractivity contribution in [3.63, 3.8) is 0 Å². The van der Waals surface area contributed by atoms with Gasteiger partial charge in [0.2, 0.25) is 5.91 Å². The molecule has 3 amide bonds. The van der Waals surface area contributed by atoms with Gasteiger partial charge in [0.05, 0.1) is 13.5 Å². The van der Waals surface area contributed by atoms with Crippen molar-refractivity contribution >= 4 is 34.8 Å². The smallest absolute Gasteiger partial charge is 0.329 e. The van der Waals surface area contributed by atoms with Crippen LogP contribution in [0.1, 0.15) is 13.3 Å². The number of hydrogen-bond acceptors (Lipinski definition) is 5. The third-order valence-electron chi connectivity index (χ3n) is 3.45.